The summed E-state index contributed by atoms with van der Waals surface area (Å²) >= 11 is 6.07. The summed E-state index contributed by atoms with van der Waals surface area (Å²) in [5.41, 5.74) is 1.74. The molecule has 1 amide bonds. The highest BCUT2D eigenvalue weighted by atomic mass is 35.5. The fourth-order valence-corrected chi connectivity index (χ4v) is 2.44. The predicted molar refractivity (Wildman–Crippen MR) is 87.7 cm³/mol. The highest BCUT2D eigenvalue weighted by Gasteiger charge is 2.14. The number of ether oxygens (including phenoxy) is 1. The van der Waals surface area contributed by atoms with Gasteiger partial charge in [-0.25, -0.2) is 0 Å². The molecular weight excluding hydrogens is 300 g/mol. The van der Waals surface area contributed by atoms with Gasteiger partial charge in [-0.2, -0.15) is 0 Å². The highest BCUT2D eigenvalue weighted by molar-refractivity contribution is 6.34. The smallest absolute Gasteiger partial charge is 0.256 e. The van der Waals surface area contributed by atoms with Gasteiger partial charge in [0.05, 0.1) is 17.8 Å². The second kappa shape index (κ2) is 6.03. The van der Waals surface area contributed by atoms with E-state index in [1.807, 2.05) is 18.2 Å². The minimum Gasteiger partial charge on any atom is -0.494 e. The molecule has 0 unspecified atom stereocenters. The third-order valence-corrected chi connectivity index (χ3v) is 3.65. The van der Waals surface area contributed by atoms with Crippen molar-refractivity contribution in [3.05, 3.63) is 65.3 Å². The van der Waals surface area contributed by atoms with Gasteiger partial charge in [0.25, 0.3) is 5.91 Å². The fraction of sp³-hybridized carbons (Fsp3) is 0.0588. The van der Waals surface area contributed by atoms with Gasteiger partial charge in [-0.15, -0.1) is 0 Å². The van der Waals surface area contributed by atoms with Crippen molar-refractivity contribution in [3.63, 3.8) is 0 Å². The third-order valence-electron chi connectivity index (χ3n) is 3.32. The van der Waals surface area contributed by atoms with Gasteiger partial charge in [-0.05, 0) is 30.3 Å². The average molecular weight is 313 g/mol. The highest BCUT2D eigenvalue weighted by Crippen LogP contribution is 2.28. The first kappa shape index (κ1) is 14.4. The summed E-state index contributed by atoms with van der Waals surface area (Å²) in [6.45, 7) is 0. The predicted octanol–water partition coefficient (Wildman–Crippen LogP) is 4.15. The molecule has 2 aromatic carbocycles. The van der Waals surface area contributed by atoms with E-state index in [2.05, 4.69) is 10.3 Å². The molecule has 0 saturated carbocycles. The van der Waals surface area contributed by atoms with Crippen LogP contribution in [0.4, 0.5) is 5.69 Å². The summed E-state index contributed by atoms with van der Waals surface area (Å²) in [7, 11) is 1.58. The molecule has 0 aliphatic rings. The topological polar surface area (TPSA) is 51.2 Å². The number of hydrogen-bond donors (Lipinski definition) is 1. The van der Waals surface area contributed by atoms with Gasteiger partial charge in [0, 0.05) is 17.1 Å². The van der Waals surface area contributed by atoms with Crippen LogP contribution in [0.5, 0.6) is 5.75 Å². The summed E-state index contributed by atoms with van der Waals surface area (Å²) in [6, 6.07) is 14.2. The minimum atomic E-state index is -0.242. The standard InChI is InChI=1S/C17H13ClN2O2/c1-22-15-9-8-12(11-5-4-10-19-16(11)15)17(21)20-14-7-3-2-6-13(14)18/h2-10H,1H3,(H,20,21). The van der Waals surface area contributed by atoms with Gasteiger partial charge in [0.15, 0.2) is 0 Å². The molecule has 1 aromatic heterocycles. The van der Waals surface area contributed by atoms with Gasteiger partial charge < -0.3 is 10.1 Å². The Morgan fingerprint density at radius 3 is 2.73 bits per heavy atom. The zero-order valence-corrected chi connectivity index (χ0v) is 12.6. The van der Waals surface area contributed by atoms with Crippen molar-refractivity contribution in [2.45, 2.75) is 0 Å². The Kier molecular flexibility index (Phi) is 3.94. The van der Waals surface area contributed by atoms with Crippen LogP contribution in [-0.2, 0) is 0 Å². The molecule has 4 nitrogen and oxygen atoms in total. The number of halogens is 1. The van der Waals surface area contributed by atoms with E-state index >= 15 is 0 Å². The van der Waals surface area contributed by atoms with E-state index in [-0.39, 0.29) is 5.91 Å². The van der Waals surface area contributed by atoms with Crippen LogP contribution in [0.1, 0.15) is 10.4 Å². The van der Waals surface area contributed by atoms with Crippen LogP contribution in [-0.4, -0.2) is 18.0 Å². The Bertz CT molecular complexity index is 849. The maximum absolute atomic E-state index is 12.5. The van der Waals surface area contributed by atoms with Crippen molar-refractivity contribution < 1.29 is 9.53 Å². The van der Waals surface area contributed by atoms with Crippen molar-refractivity contribution in [2.75, 3.05) is 12.4 Å². The second-order valence-electron chi connectivity index (χ2n) is 4.65. The Hall–Kier alpha value is -2.59. The van der Waals surface area contributed by atoms with Crippen molar-refractivity contribution in [2.24, 2.45) is 0 Å². The van der Waals surface area contributed by atoms with Gasteiger partial charge in [0.2, 0.25) is 0 Å². The number of benzene rings is 2. The van der Waals surface area contributed by atoms with Crippen LogP contribution in [0, 0.1) is 0 Å². The molecule has 1 N–H and O–H groups in total. The lowest BCUT2D eigenvalue weighted by Gasteiger charge is -2.11. The Morgan fingerprint density at radius 2 is 1.95 bits per heavy atom. The van der Waals surface area contributed by atoms with E-state index in [0.29, 0.717) is 27.5 Å². The van der Waals surface area contributed by atoms with Crippen LogP contribution in [0.2, 0.25) is 5.02 Å². The number of fused-ring (bicyclic) bond motifs is 1. The number of amides is 1. The first-order valence-corrected chi connectivity index (χ1v) is 7.06. The third kappa shape index (κ3) is 2.61. The van der Waals surface area contributed by atoms with Gasteiger partial charge in [-0.3, -0.25) is 9.78 Å². The molecule has 0 aliphatic heterocycles. The van der Waals surface area contributed by atoms with Crippen molar-refractivity contribution in [3.8, 4) is 5.75 Å². The summed E-state index contributed by atoms with van der Waals surface area (Å²) in [5, 5.41) is 4.04. The molecule has 0 saturated heterocycles. The molecule has 22 heavy (non-hydrogen) atoms. The van der Waals surface area contributed by atoms with Crippen LogP contribution < -0.4 is 10.1 Å². The summed E-state index contributed by atoms with van der Waals surface area (Å²) in [4.78, 5) is 16.8. The molecular formula is C17H13ClN2O2. The number of carbonyl (C=O) groups is 1. The molecule has 1 heterocycles. The molecule has 0 bridgehead atoms. The van der Waals surface area contributed by atoms with Gasteiger partial charge in [-0.1, -0.05) is 29.8 Å². The molecule has 0 fully saturated rings. The minimum absolute atomic E-state index is 0.242. The first-order valence-electron chi connectivity index (χ1n) is 6.68. The maximum Gasteiger partial charge on any atom is 0.256 e. The SMILES string of the molecule is COc1ccc(C(=O)Nc2ccccc2Cl)c2cccnc12. The molecule has 0 radical (unpaired) electrons. The zero-order valence-electron chi connectivity index (χ0n) is 11.8. The lowest BCUT2D eigenvalue weighted by molar-refractivity contribution is 0.102. The van der Waals surface area contributed by atoms with Gasteiger partial charge in [0.1, 0.15) is 11.3 Å². The normalized spacial score (nSPS) is 10.5. The number of methoxy groups -OCH3 is 1. The van der Waals surface area contributed by atoms with Gasteiger partial charge >= 0.3 is 0 Å². The van der Waals surface area contributed by atoms with E-state index in [9.17, 15) is 4.79 Å². The average Bonchev–Trinajstić information content (AvgIpc) is 2.56. The molecule has 0 aliphatic carbocycles. The van der Waals surface area contributed by atoms with Crippen molar-refractivity contribution >= 4 is 34.1 Å². The van der Waals surface area contributed by atoms with E-state index in [1.165, 1.54) is 0 Å². The van der Waals surface area contributed by atoms with E-state index < -0.39 is 0 Å². The molecule has 3 rings (SSSR count). The molecule has 0 atom stereocenters. The second-order valence-corrected chi connectivity index (χ2v) is 5.06. The number of aromatic nitrogens is 1. The number of hydrogen-bond acceptors (Lipinski definition) is 3. The molecule has 3 aromatic rings. The fourth-order valence-electron chi connectivity index (χ4n) is 2.26. The number of nitrogens with zero attached hydrogens (tertiary/aromatic N) is 1. The lowest BCUT2D eigenvalue weighted by Crippen LogP contribution is -2.13. The Balaban J connectivity index is 2.03. The molecule has 0 spiro atoms. The zero-order chi connectivity index (χ0) is 15.5. The van der Waals surface area contributed by atoms with Crippen molar-refractivity contribution in [1.29, 1.82) is 0 Å². The number of anilines is 1. The summed E-state index contributed by atoms with van der Waals surface area (Å²) < 4.78 is 5.28. The number of rotatable bonds is 3. The number of carbonyl (C=O) groups excluding carboxylic acids is 1. The molecule has 110 valence electrons. The maximum atomic E-state index is 12.5. The summed E-state index contributed by atoms with van der Waals surface area (Å²) in [5.74, 6) is 0.388. The van der Waals surface area contributed by atoms with Crippen LogP contribution in [0.15, 0.2) is 54.7 Å². The van der Waals surface area contributed by atoms with Crippen LogP contribution >= 0.6 is 11.6 Å². The lowest BCUT2D eigenvalue weighted by atomic mass is 10.1. The van der Waals surface area contributed by atoms with Crippen molar-refractivity contribution in [1.82, 2.24) is 4.98 Å². The van der Waals surface area contributed by atoms with Crippen LogP contribution in [0.25, 0.3) is 10.9 Å². The van der Waals surface area contributed by atoms with E-state index in [1.54, 1.807) is 43.6 Å². The van der Waals surface area contributed by atoms with Crippen LogP contribution in [0.3, 0.4) is 0 Å². The number of nitrogens with one attached hydrogen (secondary N) is 1. The van der Waals surface area contributed by atoms with E-state index in [4.69, 9.17) is 16.3 Å². The quantitative estimate of drug-likeness (QED) is 0.790. The largest absolute Gasteiger partial charge is 0.494 e. The Labute approximate surface area is 132 Å². The number of pyridine rings is 1. The van der Waals surface area contributed by atoms with E-state index in [0.717, 1.165) is 5.39 Å². The Morgan fingerprint density at radius 1 is 1.14 bits per heavy atom. The summed E-state index contributed by atoms with van der Waals surface area (Å²) in [6.07, 6.45) is 1.67. The first-order chi connectivity index (χ1) is 10.7. The number of para-hydroxylation sites is 1. The monoisotopic (exact) mass is 312 g/mol. The molecule has 5 heteroatoms.